The Labute approximate surface area is 153 Å². The van der Waals surface area contributed by atoms with Gasteiger partial charge in [-0.05, 0) is 24.3 Å². The van der Waals surface area contributed by atoms with Crippen LogP contribution in [0.1, 0.15) is 5.56 Å². The van der Waals surface area contributed by atoms with Crippen LogP contribution in [0.25, 0.3) is 6.08 Å². The van der Waals surface area contributed by atoms with E-state index in [1.54, 1.807) is 22.5 Å². The van der Waals surface area contributed by atoms with E-state index in [1.807, 2.05) is 18.2 Å². The van der Waals surface area contributed by atoms with E-state index in [-0.39, 0.29) is 17.3 Å². The Balaban J connectivity index is 1.87. The zero-order valence-corrected chi connectivity index (χ0v) is 14.7. The summed E-state index contributed by atoms with van der Waals surface area (Å²) in [5.74, 6) is -0.657. The molecule has 26 heavy (non-hydrogen) atoms. The smallest absolute Gasteiger partial charge is 0.279 e. The van der Waals surface area contributed by atoms with Gasteiger partial charge in [0, 0.05) is 25.7 Å². The lowest BCUT2D eigenvalue weighted by molar-refractivity contribution is -0.385. The van der Waals surface area contributed by atoms with Crippen molar-refractivity contribution in [3.8, 4) is 0 Å². The van der Waals surface area contributed by atoms with Gasteiger partial charge in [-0.1, -0.05) is 30.3 Å². The average molecular weight is 375 g/mol. The van der Waals surface area contributed by atoms with Crippen molar-refractivity contribution in [1.82, 2.24) is 9.62 Å². The zero-order chi connectivity index (χ0) is 18.5. The van der Waals surface area contributed by atoms with E-state index in [4.69, 9.17) is 0 Å². The van der Waals surface area contributed by atoms with Gasteiger partial charge in [0.1, 0.15) is 16.8 Å². The third-order valence-electron chi connectivity index (χ3n) is 4.10. The second-order valence-electron chi connectivity index (χ2n) is 5.76. The van der Waals surface area contributed by atoms with Crippen LogP contribution in [-0.2, 0) is 11.0 Å². The molecule has 0 aliphatic carbocycles. The van der Waals surface area contributed by atoms with Crippen LogP contribution in [0.2, 0.25) is 0 Å². The largest absolute Gasteiger partial charge is 0.314 e. The number of nitro groups is 1. The lowest BCUT2D eigenvalue weighted by Crippen LogP contribution is -2.50. The molecule has 1 aliphatic heterocycles. The molecule has 6 nitrogen and oxygen atoms in total. The highest BCUT2D eigenvalue weighted by Crippen LogP contribution is 2.24. The normalized spacial score (nSPS) is 19.5. The van der Waals surface area contributed by atoms with Crippen molar-refractivity contribution < 1.29 is 13.5 Å². The summed E-state index contributed by atoms with van der Waals surface area (Å²) < 4.78 is 28.7. The lowest BCUT2D eigenvalue weighted by Gasteiger charge is -2.33. The van der Waals surface area contributed by atoms with E-state index in [1.165, 1.54) is 24.3 Å². The minimum Gasteiger partial charge on any atom is -0.314 e. The van der Waals surface area contributed by atoms with Crippen LogP contribution in [0.4, 0.5) is 10.1 Å². The standard InChI is InChI=1S/C18H18FN3O3S/c19-17-7-4-8-18(22(23)24)16(17)10-9-14-13-20-11-12-21(14)26(25)15-5-2-1-3-6-15/h1-10,14,20H,11-13H2/b10-9+. The van der Waals surface area contributed by atoms with Gasteiger partial charge in [-0.3, -0.25) is 10.1 Å². The minimum atomic E-state index is -1.36. The van der Waals surface area contributed by atoms with Crippen LogP contribution in [0.15, 0.2) is 59.5 Å². The van der Waals surface area contributed by atoms with Gasteiger partial charge in [-0.15, -0.1) is 0 Å². The summed E-state index contributed by atoms with van der Waals surface area (Å²) in [4.78, 5) is 11.2. The molecule has 0 radical (unpaired) electrons. The van der Waals surface area contributed by atoms with E-state index in [0.717, 1.165) is 0 Å². The van der Waals surface area contributed by atoms with Crippen molar-refractivity contribution in [2.75, 3.05) is 19.6 Å². The molecule has 1 fully saturated rings. The van der Waals surface area contributed by atoms with Crippen LogP contribution in [0.5, 0.6) is 0 Å². The number of halogens is 1. The SMILES string of the molecule is O=[N+]([O-])c1cccc(F)c1/C=C/C1CNCCN1S(=O)c1ccccc1. The van der Waals surface area contributed by atoms with E-state index in [9.17, 15) is 18.7 Å². The molecule has 0 saturated carbocycles. The van der Waals surface area contributed by atoms with Gasteiger partial charge in [-0.2, -0.15) is 0 Å². The fourth-order valence-electron chi connectivity index (χ4n) is 2.81. The molecule has 1 heterocycles. The first kappa shape index (κ1) is 18.4. The zero-order valence-electron chi connectivity index (χ0n) is 13.9. The summed E-state index contributed by atoms with van der Waals surface area (Å²) in [5.41, 5.74) is -0.366. The molecule has 0 spiro atoms. The number of hydrogen-bond donors (Lipinski definition) is 1. The van der Waals surface area contributed by atoms with E-state index in [0.29, 0.717) is 24.5 Å². The van der Waals surface area contributed by atoms with Crippen molar-refractivity contribution in [1.29, 1.82) is 0 Å². The molecule has 2 unspecified atom stereocenters. The molecule has 1 aliphatic rings. The Morgan fingerprint density at radius 1 is 1.23 bits per heavy atom. The third-order valence-corrected chi connectivity index (χ3v) is 5.66. The quantitative estimate of drug-likeness (QED) is 0.644. The molecule has 2 aromatic rings. The number of nitrogens with zero attached hydrogens (tertiary/aromatic N) is 2. The first-order valence-corrected chi connectivity index (χ1v) is 9.24. The predicted octanol–water partition coefficient (Wildman–Crippen LogP) is 2.74. The summed E-state index contributed by atoms with van der Waals surface area (Å²) in [7, 11) is -1.36. The fraction of sp³-hybridized carbons (Fsp3) is 0.222. The number of rotatable bonds is 5. The number of hydrogen-bond acceptors (Lipinski definition) is 4. The number of piperazine rings is 1. The highest BCUT2D eigenvalue weighted by molar-refractivity contribution is 7.82. The van der Waals surface area contributed by atoms with Gasteiger partial charge < -0.3 is 5.32 Å². The van der Waals surface area contributed by atoms with Crippen LogP contribution in [0, 0.1) is 15.9 Å². The summed E-state index contributed by atoms with van der Waals surface area (Å²) in [6.45, 7) is 1.76. The van der Waals surface area contributed by atoms with Gasteiger partial charge in [0.2, 0.25) is 0 Å². The van der Waals surface area contributed by atoms with Crippen molar-refractivity contribution in [2.24, 2.45) is 0 Å². The van der Waals surface area contributed by atoms with Gasteiger partial charge in [-0.25, -0.2) is 12.9 Å². The molecule has 136 valence electrons. The summed E-state index contributed by atoms with van der Waals surface area (Å²) >= 11 is 0. The van der Waals surface area contributed by atoms with Crippen LogP contribution in [-0.4, -0.2) is 39.1 Å². The Hall–Kier alpha value is -2.42. The molecule has 2 atom stereocenters. The van der Waals surface area contributed by atoms with E-state index < -0.39 is 21.7 Å². The van der Waals surface area contributed by atoms with Gasteiger partial charge >= 0.3 is 0 Å². The van der Waals surface area contributed by atoms with E-state index >= 15 is 0 Å². The summed E-state index contributed by atoms with van der Waals surface area (Å²) in [5, 5.41) is 14.3. The average Bonchev–Trinajstić information content (AvgIpc) is 2.67. The van der Waals surface area contributed by atoms with Gasteiger partial charge in [0.25, 0.3) is 5.69 Å². The Morgan fingerprint density at radius 3 is 2.73 bits per heavy atom. The molecule has 1 N–H and O–H groups in total. The third kappa shape index (κ3) is 4.04. The Bertz CT molecular complexity index is 845. The second kappa shape index (κ2) is 8.31. The monoisotopic (exact) mass is 375 g/mol. The topological polar surface area (TPSA) is 75.5 Å². The Morgan fingerprint density at radius 2 is 2.00 bits per heavy atom. The second-order valence-corrected chi connectivity index (χ2v) is 7.20. The van der Waals surface area contributed by atoms with Gasteiger partial charge in [0.15, 0.2) is 0 Å². The molecule has 0 bridgehead atoms. The van der Waals surface area contributed by atoms with Crippen molar-refractivity contribution in [3.63, 3.8) is 0 Å². The van der Waals surface area contributed by atoms with E-state index in [2.05, 4.69) is 5.32 Å². The molecular weight excluding hydrogens is 357 g/mol. The molecular formula is C18H18FN3O3S. The van der Waals surface area contributed by atoms with Crippen LogP contribution in [0.3, 0.4) is 0 Å². The summed E-state index contributed by atoms with van der Waals surface area (Å²) in [6, 6.07) is 12.6. The van der Waals surface area contributed by atoms with Crippen molar-refractivity contribution in [2.45, 2.75) is 10.9 Å². The Kier molecular flexibility index (Phi) is 5.87. The lowest BCUT2D eigenvalue weighted by atomic mass is 10.1. The molecule has 0 amide bonds. The van der Waals surface area contributed by atoms with Crippen LogP contribution < -0.4 is 5.32 Å². The number of nitro benzene ring substituents is 1. The highest BCUT2D eigenvalue weighted by atomic mass is 32.2. The number of nitrogens with one attached hydrogen (secondary N) is 1. The first-order chi connectivity index (χ1) is 12.6. The van der Waals surface area contributed by atoms with Gasteiger partial charge in [0.05, 0.1) is 21.4 Å². The van der Waals surface area contributed by atoms with Crippen LogP contribution >= 0.6 is 0 Å². The maximum absolute atomic E-state index is 14.0. The summed E-state index contributed by atoms with van der Waals surface area (Å²) in [6.07, 6.45) is 3.07. The molecule has 2 aromatic carbocycles. The van der Waals surface area contributed by atoms with Crippen molar-refractivity contribution in [3.05, 3.63) is 76.1 Å². The maximum atomic E-state index is 14.0. The minimum absolute atomic E-state index is 0.0754. The first-order valence-electron chi connectivity index (χ1n) is 8.13. The molecule has 0 aromatic heterocycles. The molecule has 8 heteroatoms. The molecule has 1 saturated heterocycles. The maximum Gasteiger partial charge on any atom is 0.279 e. The highest BCUT2D eigenvalue weighted by Gasteiger charge is 2.26. The molecule has 3 rings (SSSR count). The number of benzene rings is 2. The predicted molar refractivity (Wildman–Crippen MR) is 98.3 cm³/mol. The fourth-order valence-corrected chi connectivity index (χ4v) is 4.11. The van der Waals surface area contributed by atoms with Crippen molar-refractivity contribution >= 4 is 22.7 Å².